The Morgan fingerprint density at radius 3 is 2.62 bits per heavy atom. The van der Waals surface area contributed by atoms with E-state index in [1.807, 2.05) is 24.3 Å². The van der Waals surface area contributed by atoms with Crippen LogP contribution in [-0.4, -0.2) is 10.1 Å². The smallest absolute Gasteiger partial charge is 0.159 e. The Hall–Kier alpha value is -1.38. The highest BCUT2D eigenvalue weighted by Crippen LogP contribution is 2.40. The maximum Gasteiger partial charge on any atom is 0.159 e. The lowest BCUT2D eigenvalue weighted by atomic mass is 10.1. The quantitative estimate of drug-likeness (QED) is 0.613. The van der Waals surface area contributed by atoms with Gasteiger partial charge in [-0.25, -0.2) is 0 Å². The SMILES string of the molecule is Oc1c(Cl)c(Cl)cc2c1[nH]c1ccccc12. The topological polar surface area (TPSA) is 36.0 Å². The van der Waals surface area contributed by atoms with Gasteiger partial charge in [0.15, 0.2) is 5.75 Å². The van der Waals surface area contributed by atoms with Crippen LogP contribution in [0.15, 0.2) is 30.3 Å². The Labute approximate surface area is 101 Å². The molecule has 3 aromatic rings. The molecule has 80 valence electrons. The fourth-order valence-corrected chi connectivity index (χ4v) is 2.26. The third-order valence-corrected chi connectivity index (χ3v) is 3.45. The zero-order chi connectivity index (χ0) is 11.3. The number of hydrogen-bond acceptors (Lipinski definition) is 1. The summed E-state index contributed by atoms with van der Waals surface area (Å²) >= 11 is 11.8. The fraction of sp³-hybridized carbons (Fsp3) is 0. The van der Waals surface area contributed by atoms with Gasteiger partial charge in [-0.1, -0.05) is 41.4 Å². The Bertz CT molecular complexity index is 703. The molecule has 0 saturated heterocycles. The number of nitrogens with one attached hydrogen (secondary N) is 1. The van der Waals surface area contributed by atoms with Gasteiger partial charge in [-0.3, -0.25) is 0 Å². The van der Waals surface area contributed by atoms with E-state index in [9.17, 15) is 5.11 Å². The number of phenols is 1. The normalized spacial score (nSPS) is 11.4. The van der Waals surface area contributed by atoms with Crippen LogP contribution in [0, 0.1) is 0 Å². The summed E-state index contributed by atoms with van der Waals surface area (Å²) in [4.78, 5) is 3.12. The van der Waals surface area contributed by atoms with Crippen LogP contribution < -0.4 is 0 Å². The van der Waals surface area contributed by atoms with E-state index in [1.54, 1.807) is 6.07 Å². The van der Waals surface area contributed by atoms with Crippen molar-refractivity contribution in [1.82, 2.24) is 4.98 Å². The summed E-state index contributed by atoms with van der Waals surface area (Å²) in [5.41, 5.74) is 1.57. The van der Waals surface area contributed by atoms with Gasteiger partial charge >= 0.3 is 0 Å². The number of hydrogen-bond donors (Lipinski definition) is 2. The van der Waals surface area contributed by atoms with Crippen molar-refractivity contribution < 1.29 is 5.11 Å². The van der Waals surface area contributed by atoms with Crippen LogP contribution in [0.4, 0.5) is 0 Å². The average Bonchev–Trinajstić information content (AvgIpc) is 2.65. The number of aromatic hydroxyl groups is 1. The molecule has 0 saturated carbocycles. The van der Waals surface area contributed by atoms with E-state index in [0.29, 0.717) is 10.5 Å². The zero-order valence-electron chi connectivity index (χ0n) is 8.09. The predicted octanol–water partition coefficient (Wildman–Crippen LogP) is 4.33. The molecule has 0 bridgehead atoms. The molecule has 0 amide bonds. The Morgan fingerprint density at radius 2 is 1.81 bits per heavy atom. The first kappa shape index (κ1) is 9.82. The molecule has 0 radical (unpaired) electrons. The van der Waals surface area contributed by atoms with E-state index in [2.05, 4.69) is 4.98 Å². The molecule has 3 rings (SSSR count). The van der Waals surface area contributed by atoms with E-state index in [1.165, 1.54) is 0 Å². The first-order valence-electron chi connectivity index (χ1n) is 4.76. The van der Waals surface area contributed by atoms with E-state index in [4.69, 9.17) is 23.2 Å². The van der Waals surface area contributed by atoms with Crippen LogP contribution in [0.1, 0.15) is 0 Å². The molecule has 1 aromatic heterocycles. The van der Waals surface area contributed by atoms with Crippen LogP contribution in [0.25, 0.3) is 21.8 Å². The molecule has 0 atom stereocenters. The van der Waals surface area contributed by atoms with Crippen molar-refractivity contribution in [2.24, 2.45) is 0 Å². The first-order chi connectivity index (χ1) is 7.68. The van der Waals surface area contributed by atoms with Crippen molar-refractivity contribution in [3.8, 4) is 5.75 Å². The summed E-state index contributed by atoms with van der Waals surface area (Å²) in [5, 5.41) is 12.3. The molecule has 2 aromatic carbocycles. The van der Waals surface area contributed by atoms with Gasteiger partial charge in [0, 0.05) is 16.3 Å². The van der Waals surface area contributed by atoms with Crippen molar-refractivity contribution in [3.05, 3.63) is 40.4 Å². The number of aromatic nitrogens is 1. The summed E-state index contributed by atoms with van der Waals surface area (Å²) in [6.07, 6.45) is 0. The molecule has 0 unspecified atom stereocenters. The lowest BCUT2D eigenvalue weighted by molar-refractivity contribution is 0.481. The van der Waals surface area contributed by atoms with Gasteiger partial charge in [0.05, 0.1) is 10.5 Å². The molecule has 0 aliphatic heterocycles. The highest BCUT2D eigenvalue weighted by atomic mass is 35.5. The lowest BCUT2D eigenvalue weighted by Crippen LogP contribution is -1.74. The number of aromatic amines is 1. The molecule has 0 spiro atoms. The van der Waals surface area contributed by atoms with E-state index in [-0.39, 0.29) is 10.8 Å². The Balaban J connectivity index is 2.60. The number of rotatable bonds is 0. The second kappa shape index (κ2) is 3.30. The first-order valence-corrected chi connectivity index (χ1v) is 5.51. The van der Waals surface area contributed by atoms with Gasteiger partial charge in [0.25, 0.3) is 0 Å². The number of para-hydroxylation sites is 1. The maximum absolute atomic E-state index is 9.89. The second-order valence-corrected chi connectivity index (χ2v) is 4.40. The van der Waals surface area contributed by atoms with Crippen LogP contribution in [0.5, 0.6) is 5.75 Å². The van der Waals surface area contributed by atoms with Crippen molar-refractivity contribution in [2.75, 3.05) is 0 Å². The van der Waals surface area contributed by atoms with Crippen molar-refractivity contribution >= 4 is 45.0 Å². The average molecular weight is 252 g/mol. The van der Waals surface area contributed by atoms with E-state index < -0.39 is 0 Å². The molecule has 16 heavy (non-hydrogen) atoms. The van der Waals surface area contributed by atoms with Crippen LogP contribution >= 0.6 is 23.2 Å². The standard InChI is InChI=1S/C12H7Cl2NO/c13-8-5-7-6-3-1-2-4-9(6)15-11(7)12(16)10(8)14/h1-5,15-16H. The van der Waals surface area contributed by atoms with Crippen molar-refractivity contribution in [3.63, 3.8) is 0 Å². The van der Waals surface area contributed by atoms with Gasteiger partial charge in [-0.15, -0.1) is 0 Å². The van der Waals surface area contributed by atoms with Gasteiger partial charge < -0.3 is 10.1 Å². The highest BCUT2D eigenvalue weighted by Gasteiger charge is 2.13. The van der Waals surface area contributed by atoms with Crippen LogP contribution in [0.2, 0.25) is 10.0 Å². The monoisotopic (exact) mass is 251 g/mol. The van der Waals surface area contributed by atoms with Crippen LogP contribution in [0.3, 0.4) is 0 Å². The third-order valence-electron chi connectivity index (χ3n) is 2.67. The van der Waals surface area contributed by atoms with Gasteiger partial charge in [-0.05, 0) is 12.1 Å². The predicted molar refractivity (Wildman–Crippen MR) is 67.5 cm³/mol. The molecule has 0 aliphatic rings. The molecule has 0 aliphatic carbocycles. The molecule has 4 heteroatoms. The summed E-state index contributed by atoms with van der Waals surface area (Å²) in [6.45, 7) is 0. The van der Waals surface area contributed by atoms with Gasteiger partial charge in [-0.2, -0.15) is 0 Å². The molecule has 1 heterocycles. The third kappa shape index (κ3) is 1.20. The molecule has 2 nitrogen and oxygen atoms in total. The van der Waals surface area contributed by atoms with Crippen molar-refractivity contribution in [2.45, 2.75) is 0 Å². The van der Waals surface area contributed by atoms with E-state index in [0.717, 1.165) is 16.3 Å². The minimum Gasteiger partial charge on any atom is -0.504 e. The second-order valence-electron chi connectivity index (χ2n) is 3.61. The minimum atomic E-state index is 0.000340. The minimum absolute atomic E-state index is 0.000340. The number of phenolic OH excluding ortho intramolecular Hbond substituents is 1. The number of fused-ring (bicyclic) bond motifs is 3. The Morgan fingerprint density at radius 1 is 1.06 bits per heavy atom. The number of benzene rings is 2. The molecule has 0 fully saturated rings. The van der Waals surface area contributed by atoms with E-state index >= 15 is 0 Å². The summed E-state index contributed by atoms with van der Waals surface area (Å²) in [6, 6.07) is 9.54. The number of halogens is 2. The largest absolute Gasteiger partial charge is 0.504 e. The summed E-state index contributed by atoms with van der Waals surface area (Å²) < 4.78 is 0. The van der Waals surface area contributed by atoms with Crippen molar-refractivity contribution in [1.29, 1.82) is 0 Å². The highest BCUT2D eigenvalue weighted by molar-refractivity contribution is 6.44. The molecular weight excluding hydrogens is 245 g/mol. The number of H-pyrrole nitrogens is 1. The maximum atomic E-state index is 9.89. The fourth-order valence-electron chi connectivity index (χ4n) is 1.91. The Kier molecular flexibility index (Phi) is 2.03. The zero-order valence-corrected chi connectivity index (χ0v) is 9.60. The van der Waals surface area contributed by atoms with Gasteiger partial charge in [0.1, 0.15) is 5.02 Å². The lowest BCUT2D eigenvalue weighted by Gasteiger charge is -2.00. The molecular formula is C12H7Cl2NO. The molecule has 2 N–H and O–H groups in total. The van der Waals surface area contributed by atoms with Crippen LogP contribution in [-0.2, 0) is 0 Å². The summed E-state index contributed by atoms with van der Waals surface area (Å²) in [7, 11) is 0. The summed E-state index contributed by atoms with van der Waals surface area (Å²) in [5.74, 6) is 0.000340. The van der Waals surface area contributed by atoms with Gasteiger partial charge in [0.2, 0.25) is 0 Å².